The van der Waals surface area contributed by atoms with Crippen LogP contribution in [0.25, 0.3) is 5.69 Å². The predicted octanol–water partition coefficient (Wildman–Crippen LogP) is 3.11. The van der Waals surface area contributed by atoms with E-state index in [1.165, 1.54) is 22.9 Å². The zero-order chi connectivity index (χ0) is 19.2. The molecule has 27 heavy (non-hydrogen) atoms. The zero-order valence-electron chi connectivity index (χ0n) is 14.4. The lowest BCUT2D eigenvalue weighted by molar-refractivity contribution is -0.113. The summed E-state index contributed by atoms with van der Waals surface area (Å²) >= 11 is 1.15. The summed E-state index contributed by atoms with van der Waals surface area (Å²) in [4.78, 5) is 24.1. The highest BCUT2D eigenvalue weighted by Crippen LogP contribution is 2.18. The standard InChI is InChI=1S/C19H16FN3O3S/c1-26-14-8-6-13(7-9-14)23-19(25)11-10-18(22-23)27-12-17(24)21-16-5-3-2-4-15(16)20/h2-11H,12H2,1H3,(H,21,24). The SMILES string of the molecule is COc1ccc(-n2nc(SCC(=O)Nc3ccccc3F)ccc2=O)cc1. The number of amides is 1. The minimum atomic E-state index is -0.498. The number of hydrogen-bond acceptors (Lipinski definition) is 5. The number of anilines is 1. The molecule has 0 aliphatic carbocycles. The Hall–Kier alpha value is -3.13. The smallest absolute Gasteiger partial charge is 0.271 e. The number of benzene rings is 2. The molecule has 0 aliphatic heterocycles. The second-order valence-corrected chi connectivity index (χ2v) is 6.43. The zero-order valence-corrected chi connectivity index (χ0v) is 15.2. The summed E-state index contributed by atoms with van der Waals surface area (Å²) in [5.74, 6) is -0.166. The highest BCUT2D eigenvalue weighted by molar-refractivity contribution is 7.99. The van der Waals surface area contributed by atoms with E-state index in [2.05, 4.69) is 10.4 Å². The predicted molar refractivity (Wildman–Crippen MR) is 102 cm³/mol. The van der Waals surface area contributed by atoms with Crippen LogP contribution < -0.4 is 15.6 Å². The Morgan fingerprint density at radius 3 is 2.59 bits per heavy atom. The second kappa shape index (κ2) is 8.50. The fraction of sp³-hybridized carbons (Fsp3) is 0.105. The van der Waals surface area contributed by atoms with Crippen LogP contribution in [0, 0.1) is 5.82 Å². The van der Waals surface area contributed by atoms with E-state index in [4.69, 9.17) is 4.74 Å². The molecule has 1 aromatic heterocycles. The second-order valence-electron chi connectivity index (χ2n) is 5.44. The number of aromatic nitrogens is 2. The molecule has 0 saturated heterocycles. The Bertz CT molecular complexity index is 1010. The number of carbonyl (C=O) groups is 1. The number of ether oxygens (including phenoxy) is 1. The number of para-hydroxylation sites is 1. The summed E-state index contributed by atoms with van der Waals surface area (Å²) in [6.07, 6.45) is 0. The Kier molecular flexibility index (Phi) is 5.87. The van der Waals surface area contributed by atoms with Crippen molar-refractivity contribution < 1.29 is 13.9 Å². The highest BCUT2D eigenvalue weighted by atomic mass is 32.2. The van der Waals surface area contributed by atoms with Crippen molar-refractivity contribution in [2.24, 2.45) is 0 Å². The van der Waals surface area contributed by atoms with Gasteiger partial charge in [0.05, 0.1) is 24.2 Å². The van der Waals surface area contributed by atoms with E-state index >= 15 is 0 Å². The summed E-state index contributed by atoms with van der Waals surface area (Å²) in [6.45, 7) is 0. The molecule has 0 fully saturated rings. The first-order valence-electron chi connectivity index (χ1n) is 7.99. The van der Waals surface area contributed by atoms with Crippen LogP contribution in [0.5, 0.6) is 5.75 Å². The van der Waals surface area contributed by atoms with Crippen molar-refractivity contribution in [1.82, 2.24) is 9.78 Å². The lowest BCUT2D eigenvalue weighted by Gasteiger charge is -2.08. The maximum Gasteiger partial charge on any atom is 0.271 e. The van der Waals surface area contributed by atoms with Gasteiger partial charge < -0.3 is 10.1 Å². The van der Waals surface area contributed by atoms with Crippen molar-refractivity contribution in [2.75, 3.05) is 18.2 Å². The number of rotatable bonds is 6. The Labute approximate surface area is 159 Å². The molecule has 0 radical (unpaired) electrons. The van der Waals surface area contributed by atoms with Gasteiger partial charge in [0.15, 0.2) is 0 Å². The van der Waals surface area contributed by atoms with Gasteiger partial charge in [-0.1, -0.05) is 23.9 Å². The van der Waals surface area contributed by atoms with Crippen LogP contribution in [-0.4, -0.2) is 28.6 Å². The van der Waals surface area contributed by atoms with Crippen molar-refractivity contribution in [3.8, 4) is 11.4 Å². The van der Waals surface area contributed by atoms with E-state index in [0.717, 1.165) is 11.8 Å². The molecule has 0 spiro atoms. The molecule has 6 nitrogen and oxygen atoms in total. The molecule has 0 atom stereocenters. The third kappa shape index (κ3) is 4.73. The highest BCUT2D eigenvalue weighted by Gasteiger charge is 2.09. The molecule has 0 bridgehead atoms. The first-order chi connectivity index (χ1) is 13.1. The minimum absolute atomic E-state index is 0.0299. The van der Waals surface area contributed by atoms with Gasteiger partial charge in [0.25, 0.3) is 5.56 Å². The van der Waals surface area contributed by atoms with Gasteiger partial charge in [0, 0.05) is 6.07 Å². The number of thioether (sulfide) groups is 1. The van der Waals surface area contributed by atoms with Gasteiger partial charge in [0.2, 0.25) is 5.91 Å². The van der Waals surface area contributed by atoms with E-state index in [-0.39, 0.29) is 22.9 Å². The molecule has 3 rings (SSSR count). The fourth-order valence-electron chi connectivity index (χ4n) is 2.27. The summed E-state index contributed by atoms with van der Waals surface area (Å²) in [5.41, 5.74) is 0.415. The van der Waals surface area contributed by atoms with Crippen LogP contribution in [0.1, 0.15) is 0 Å². The number of halogens is 1. The fourth-order valence-corrected chi connectivity index (χ4v) is 2.92. The molecule has 1 N–H and O–H groups in total. The summed E-state index contributed by atoms with van der Waals surface area (Å²) in [5, 5.41) is 7.27. The van der Waals surface area contributed by atoms with Crippen LogP contribution in [0.3, 0.4) is 0 Å². The van der Waals surface area contributed by atoms with Crippen molar-refractivity contribution in [3.05, 3.63) is 76.8 Å². The number of hydrogen-bond donors (Lipinski definition) is 1. The third-order valence-electron chi connectivity index (χ3n) is 3.59. The van der Waals surface area contributed by atoms with E-state index < -0.39 is 5.82 Å². The molecule has 2 aromatic carbocycles. The molecule has 0 aliphatic rings. The first kappa shape index (κ1) is 18.7. The van der Waals surface area contributed by atoms with Gasteiger partial charge >= 0.3 is 0 Å². The molecule has 0 saturated carbocycles. The normalized spacial score (nSPS) is 10.4. The van der Waals surface area contributed by atoms with Gasteiger partial charge in [-0.2, -0.15) is 9.78 Å². The monoisotopic (exact) mass is 385 g/mol. The summed E-state index contributed by atoms with van der Waals surface area (Å²) < 4.78 is 19.9. The Morgan fingerprint density at radius 2 is 1.89 bits per heavy atom. The van der Waals surface area contributed by atoms with Gasteiger partial charge in [-0.15, -0.1) is 0 Å². The van der Waals surface area contributed by atoms with Crippen LogP contribution in [0.4, 0.5) is 10.1 Å². The molecule has 138 valence electrons. The topological polar surface area (TPSA) is 73.2 Å². The van der Waals surface area contributed by atoms with E-state index in [1.807, 2.05) is 0 Å². The molecular formula is C19H16FN3O3S. The van der Waals surface area contributed by atoms with Crippen molar-refractivity contribution in [2.45, 2.75) is 5.03 Å². The lowest BCUT2D eigenvalue weighted by Crippen LogP contribution is -2.21. The first-order valence-corrected chi connectivity index (χ1v) is 8.97. The molecule has 8 heteroatoms. The van der Waals surface area contributed by atoms with Gasteiger partial charge in [-0.3, -0.25) is 9.59 Å². The summed E-state index contributed by atoms with van der Waals surface area (Å²) in [6, 6.07) is 15.8. The molecule has 0 unspecified atom stereocenters. The van der Waals surface area contributed by atoms with Crippen LogP contribution in [-0.2, 0) is 4.79 Å². The Balaban J connectivity index is 1.69. The quantitative estimate of drug-likeness (QED) is 0.660. The molecule has 1 amide bonds. The van der Waals surface area contributed by atoms with Crippen molar-refractivity contribution >= 4 is 23.4 Å². The van der Waals surface area contributed by atoms with E-state index in [9.17, 15) is 14.0 Å². The third-order valence-corrected chi connectivity index (χ3v) is 4.51. The number of nitrogens with one attached hydrogen (secondary N) is 1. The van der Waals surface area contributed by atoms with Crippen molar-refractivity contribution in [3.63, 3.8) is 0 Å². The van der Waals surface area contributed by atoms with Crippen LogP contribution in [0.15, 0.2) is 70.5 Å². The number of nitrogens with zero attached hydrogens (tertiary/aromatic N) is 2. The average Bonchev–Trinajstić information content (AvgIpc) is 2.69. The average molecular weight is 385 g/mol. The maximum atomic E-state index is 13.6. The molecule has 1 heterocycles. The Morgan fingerprint density at radius 1 is 1.15 bits per heavy atom. The lowest BCUT2D eigenvalue weighted by atomic mass is 10.3. The minimum Gasteiger partial charge on any atom is -0.497 e. The molecular weight excluding hydrogens is 369 g/mol. The number of methoxy groups -OCH3 is 1. The van der Waals surface area contributed by atoms with E-state index in [1.54, 1.807) is 49.6 Å². The van der Waals surface area contributed by atoms with E-state index in [0.29, 0.717) is 16.5 Å². The van der Waals surface area contributed by atoms with Gasteiger partial charge in [-0.25, -0.2) is 4.39 Å². The number of carbonyl (C=O) groups excluding carboxylic acids is 1. The van der Waals surface area contributed by atoms with Gasteiger partial charge in [0.1, 0.15) is 16.6 Å². The maximum absolute atomic E-state index is 13.6. The van der Waals surface area contributed by atoms with Crippen molar-refractivity contribution in [1.29, 1.82) is 0 Å². The van der Waals surface area contributed by atoms with Crippen LogP contribution in [0.2, 0.25) is 0 Å². The van der Waals surface area contributed by atoms with Crippen LogP contribution >= 0.6 is 11.8 Å². The largest absolute Gasteiger partial charge is 0.497 e. The molecule has 3 aromatic rings. The van der Waals surface area contributed by atoms with Gasteiger partial charge in [-0.05, 0) is 42.5 Å². The summed E-state index contributed by atoms with van der Waals surface area (Å²) in [7, 11) is 1.56.